The predicted octanol–water partition coefficient (Wildman–Crippen LogP) is 3.83. The molecule has 1 amide bonds. The number of halogens is 1. The first kappa shape index (κ1) is 18.4. The van der Waals surface area contributed by atoms with Gasteiger partial charge in [0.05, 0.1) is 25.7 Å². The van der Waals surface area contributed by atoms with Gasteiger partial charge in [0.25, 0.3) is 0 Å². The van der Waals surface area contributed by atoms with E-state index in [9.17, 15) is 9.18 Å². The number of aryl methyl sites for hydroxylation is 1. The Balaban J connectivity index is 1.64. The number of ether oxygens (including phenoxy) is 3. The third-order valence-corrected chi connectivity index (χ3v) is 4.48. The van der Waals surface area contributed by atoms with Gasteiger partial charge in [0.1, 0.15) is 11.6 Å². The highest BCUT2D eigenvalue weighted by Gasteiger charge is 2.40. The number of hydrogen-bond acceptors (Lipinski definition) is 4. The van der Waals surface area contributed by atoms with E-state index in [1.54, 1.807) is 38.3 Å². The minimum atomic E-state index is -0.817. The smallest absolute Gasteiger partial charge is 0.235 e. The van der Waals surface area contributed by atoms with Crippen LogP contribution in [0.5, 0.6) is 5.75 Å². The Bertz CT molecular complexity index is 783. The van der Waals surface area contributed by atoms with Crippen LogP contribution in [0.25, 0.3) is 0 Å². The van der Waals surface area contributed by atoms with E-state index in [2.05, 4.69) is 5.32 Å². The molecule has 0 bridgehead atoms. The van der Waals surface area contributed by atoms with E-state index < -0.39 is 11.7 Å². The second-order valence-corrected chi connectivity index (χ2v) is 6.70. The maximum Gasteiger partial charge on any atom is 0.235 e. The fourth-order valence-electron chi connectivity index (χ4n) is 2.73. The number of nitrogens with one attached hydrogen (secondary N) is 1. The summed E-state index contributed by atoms with van der Waals surface area (Å²) in [7, 11) is 1.60. The topological polar surface area (TPSA) is 56.8 Å². The van der Waals surface area contributed by atoms with Crippen LogP contribution in [0.3, 0.4) is 0 Å². The second-order valence-electron chi connectivity index (χ2n) is 6.70. The Morgan fingerprint density at radius 2 is 1.85 bits per heavy atom. The van der Waals surface area contributed by atoms with Gasteiger partial charge in [0, 0.05) is 11.3 Å². The van der Waals surface area contributed by atoms with Crippen LogP contribution in [0.15, 0.2) is 42.5 Å². The van der Waals surface area contributed by atoms with E-state index in [4.69, 9.17) is 14.2 Å². The van der Waals surface area contributed by atoms with Crippen LogP contribution in [0.4, 0.5) is 10.1 Å². The van der Waals surface area contributed by atoms with Crippen molar-refractivity contribution in [2.24, 2.45) is 5.41 Å². The molecule has 0 radical (unpaired) electrons. The quantitative estimate of drug-likeness (QED) is 0.901. The molecule has 0 unspecified atom stereocenters. The molecule has 0 atom stereocenters. The van der Waals surface area contributed by atoms with Gasteiger partial charge in [-0.3, -0.25) is 4.79 Å². The van der Waals surface area contributed by atoms with Crippen molar-refractivity contribution in [2.45, 2.75) is 20.1 Å². The normalized spacial score (nSPS) is 22.7. The van der Waals surface area contributed by atoms with Crippen molar-refractivity contribution in [3.05, 3.63) is 59.4 Å². The fraction of sp³-hybridized carbons (Fsp3) is 0.350. The molecular weight excluding hydrogens is 337 g/mol. The molecular formula is C20H22FNO4. The molecule has 26 heavy (non-hydrogen) atoms. The summed E-state index contributed by atoms with van der Waals surface area (Å²) in [5.41, 5.74) is 1.53. The molecule has 0 aromatic heterocycles. The maximum atomic E-state index is 13.0. The van der Waals surface area contributed by atoms with Crippen molar-refractivity contribution in [1.82, 2.24) is 0 Å². The molecule has 1 N–H and O–H groups in total. The van der Waals surface area contributed by atoms with E-state index >= 15 is 0 Å². The maximum absolute atomic E-state index is 13.0. The van der Waals surface area contributed by atoms with Gasteiger partial charge in [-0.25, -0.2) is 4.39 Å². The first-order chi connectivity index (χ1) is 12.4. The Labute approximate surface area is 152 Å². The minimum absolute atomic E-state index is 0.177. The summed E-state index contributed by atoms with van der Waals surface area (Å²) in [4.78, 5) is 12.7. The molecule has 1 aliphatic rings. The van der Waals surface area contributed by atoms with Crippen LogP contribution in [0.1, 0.15) is 24.3 Å². The number of carbonyl (C=O) groups excluding carboxylic acids is 1. The number of rotatable bonds is 4. The molecule has 0 spiro atoms. The van der Waals surface area contributed by atoms with Crippen LogP contribution in [-0.4, -0.2) is 26.2 Å². The lowest BCUT2D eigenvalue weighted by Crippen LogP contribution is -2.45. The highest BCUT2D eigenvalue weighted by Crippen LogP contribution is 2.33. The fourth-order valence-corrected chi connectivity index (χ4v) is 2.73. The lowest BCUT2D eigenvalue weighted by molar-refractivity contribution is -0.226. The molecule has 2 aromatic rings. The van der Waals surface area contributed by atoms with E-state index in [1.807, 2.05) is 13.0 Å². The Hall–Kier alpha value is -2.44. The van der Waals surface area contributed by atoms with Crippen LogP contribution in [-0.2, 0) is 14.3 Å². The zero-order valence-corrected chi connectivity index (χ0v) is 15.0. The van der Waals surface area contributed by atoms with E-state index in [-0.39, 0.29) is 24.9 Å². The molecule has 138 valence electrons. The summed E-state index contributed by atoms with van der Waals surface area (Å²) in [6, 6.07) is 11.4. The van der Waals surface area contributed by atoms with Crippen LogP contribution < -0.4 is 10.1 Å². The zero-order valence-electron chi connectivity index (χ0n) is 15.0. The van der Waals surface area contributed by atoms with Crippen molar-refractivity contribution < 1.29 is 23.4 Å². The van der Waals surface area contributed by atoms with E-state index in [0.717, 1.165) is 22.6 Å². The summed E-state index contributed by atoms with van der Waals surface area (Å²) in [5.74, 6) is 0.241. The number of methoxy groups -OCH3 is 1. The molecule has 1 saturated heterocycles. The monoisotopic (exact) mass is 359 g/mol. The SMILES string of the molecule is COc1ccc(NC(=O)C2(C)COC(c3ccc(F)cc3)OC2)c(C)c1. The molecule has 1 aliphatic heterocycles. The highest BCUT2D eigenvalue weighted by atomic mass is 19.1. The van der Waals surface area contributed by atoms with Crippen molar-refractivity contribution in [3.63, 3.8) is 0 Å². The van der Waals surface area contributed by atoms with E-state index in [0.29, 0.717) is 0 Å². The Morgan fingerprint density at radius 3 is 2.42 bits per heavy atom. The summed E-state index contributed by atoms with van der Waals surface area (Å²) in [6.07, 6.45) is -0.598. The average molecular weight is 359 g/mol. The van der Waals surface area contributed by atoms with Crippen molar-refractivity contribution >= 4 is 11.6 Å². The van der Waals surface area contributed by atoms with E-state index in [1.165, 1.54) is 12.1 Å². The van der Waals surface area contributed by atoms with Crippen LogP contribution >= 0.6 is 0 Å². The number of benzene rings is 2. The van der Waals surface area contributed by atoms with Crippen molar-refractivity contribution in [2.75, 3.05) is 25.6 Å². The third-order valence-electron chi connectivity index (χ3n) is 4.48. The standard InChI is InChI=1S/C20H22FNO4/c1-13-10-16(24-3)8-9-17(13)22-19(23)20(2)11-25-18(26-12-20)14-4-6-15(21)7-5-14/h4-10,18H,11-12H2,1-3H3,(H,22,23). The minimum Gasteiger partial charge on any atom is -0.497 e. The van der Waals surface area contributed by atoms with Gasteiger partial charge in [-0.1, -0.05) is 12.1 Å². The lowest BCUT2D eigenvalue weighted by Gasteiger charge is -2.36. The summed E-state index contributed by atoms with van der Waals surface area (Å²) >= 11 is 0. The summed E-state index contributed by atoms with van der Waals surface area (Å²) < 4.78 is 29.6. The van der Waals surface area contributed by atoms with Crippen LogP contribution in [0.2, 0.25) is 0 Å². The van der Waals surface area contributed by atoms with Gasteiger partial charge in [-0.2, -0.15) is 0 Å². The number of anilines is 1. The molecule has 0 saturated carbocycles. The molecule has 5 nitrogen and oxygen atoms in total. The molecule has 3 rings (SSSR count). The molecule has 0 aliphatic carbocycles. The molecule has 1 heterocycles. The van der Waals surface area contributed by atoms with Crippen molar-refractivity contribution in [1.29, 1.82) is 0 Å². The highest BCUT2D eigenvalue weighted by molar-refractivity contribution is 5.96. The molecule has 2 aromatic carbocycles. The number of amides is 1. The second kappa shape index (κ2) is 7.43. The van der Waals surface area contributed by atoms with Gasteiger partial charge >= 0.3 is 0 Å². The largest absolute Gasteiger partial charge is 0.497 e. The lowest BCUT2D eigenvalue weighted by atomic mass is 9.90. The zero-order chi connectivity index (χ0) is 18.7. The van der Waals surface area contributed by atoms with Gasteiger partial charge < -0.3 is 19.5 Å². The first-order valence-electron chi connectivity index (χ1n) is 8.36. The van der Waals surface area contributed by atoms with Crippen molar-refractivity contribution in [3.8, 4) is 5.75 Å². The average Bonchev–Trinajstić information content (AvgIpc) is 2.64. The first-order valence-corrected chi connectivity index (χ1v) is 8.36. The van der Waals surface area contributed by atoms with Gasteiger partial charge in [0.2, 0.25) is 5.91 Å². The Kier molecular flexibility index (Phi) is 5.25. The third kappa shape index (κ3) is 3.86. The van der Waals surface area contributed by atoms with Gasteiger partial charge in [-0.05, 0) is 49.7 Å². The van der Waals surface area contributed by atoms with Gasteiger partial charge in [-0.15, -0.1) is 0 Å². The van der Waals surface area contributed by atoms with Crippen LogP contribution in [0, 0.1) is 18.2 Å². The molecule has 1 fully saturated rings. The molecule has 6 heteroatoms. The number of carbonyl (C=O) groups is 1. The number of hydrogen-bond donors (Lipinski definition) is 1. The predicted molar refractivity (Wildman–Crippen MR) is 95.5 cm³/mol. The summed E-state index contributed by atoms with van der Waals surface area (Å²) in [6.45, 7) is 4.10. The summed E-state index contributed by atoms with van der Waals surface area (Å²) in [5, 5.41) is 2.93. The Morgan fingerprint density at radius 1 is 1.19 bits per heavy atom. The van der Waals surface area contributed by atoms with Gasteiger partial charge in [0.15, 0.2) is 6.29 Å².